The number of carbonyl (C=O) groups is 1. The molecule has 2 N–H and O–H groups in total. The Balaban J connectivity index is 1.46. The van der Waals surface area contributed by atoms with Crippen LogP contribution in [0.15, 0.2) is 42.5 Å². The molecule has 2 heterocycles. The summed E-state index contributed by atoms with van der Waals surface area (Å²) in [5.74, 6) is 1.01. The zero-order valence-corrected chi connectivity index (χ0v) is 19.1. The normalized spacial score (nSPS) is 20.4. The molecule has 0 spiro atoms. The maximum atomic E-state index is 12.3. The lowest BCUT2D eigenvalue weighted by Gasteiger charge is -2.39. The summed E-state index contributed by atoms with van der Waals surface area (Å²) >= 11 is 0. The Labute approximate surface area is 189 Å². The highest BCUT2D eigenvalue weighted by atomic mass is 16.6. The predicted octanol–water partition coefficient (Wildman–Crippen LogP) is 3.61. The molecule has 1 saturated heterocycles. The number of aliphatic hydroxyl groups excluding tert-OH is 1. The third kappa shape index (κ3) is 4.63. The van der Waals surface area contributed by atoms with E-state index in [1.54, 1.807) is 7.11 Å². The van der Waals surface area contributed by atoms with E-state index in [1.165, 1.54) is 11.1 Å². The highest BCUT2D eigenvalue weighted by Crippen LogP contribution is 2.45. The number of nitrogens with one attached hydrogen (secondary N) is 1. The molecule has 0 radical (unpaired) electrons. The van der Waals surface area contributed by atoms with Crippen LogP contribution in [-0.2, 0) is 4.74 Å². The first kappa shape index (κ1) is 22.3. The number of amides is 1. The van der Waals surface area contributed by atoms with Gasteiger partial charge in [0.15, 0.2) is 0 Å². The van der Waals surface area contributed by atoms with E-state index in [1.807, 2.05) is 36.1 Å². The number of β-amino-alcohol motifs (C(OH)–C–C–N with tert-alkyl or cyclic N) is 1. The number of anilines is 2. The lowest BCUT2D eigenvalue weighted by molar-refractivity contribution is 0.0924. The largest absolute Gasteiger partial charge is 0.497 e. The maximum Gasteiger partial charge on any atom is 0.409 e. The second kappa shape index (κ2) is 9.69. The Hall–Kier alpha value is -2.93. The van der Waals surface area contributed by atoms with E-state index in [9.17, 15) is 9.90 Å². The number of aryl methyl sites for hydroxylation is 1. The van der Waals surface area contributed by atoms with Crippen molar-refractivity contribution in [3.05, 3.63) is 53.6 Å². The van der Waals surface area contributed by atoms with Crippen LogP contribution in [0.5, 0.6) is 5.75 Å². The van der Waals surface area contributed by atoms with E-state index >= 15 is 0 Å². The van der Waals surface area contributed by atoms with Gasteiger partial charge in [-0.1, -0.05) is 23.8 Å². The van der Waals surface area contributed by atoms with Gasteiger partial charge in [-0.2, -0.15) is 0 Å². The number of rotatable bonds is 7. The Kier molecular flexibility index (Phi) is 6.74. The zero-order valence-electron chi connectivity index (χ0n) is 19.1. The van der Waals surface area contributed by atoms with Crippen LogP contribution >= 0.6 is 0 Å². The molecule has 0 bridgehead atoms. The number of methoxy groups -OCH3 is 1. The minimum Gasteiger partial charge on any atom is -0.497 e. The lowest BCUT2D eigenvalue weighted by atomic mass is 9.88. The predicted molar refractivity (Wildman–Crippen MR) is 126 cm³/mol. The average molecular weight is 440 g/mol. The summed E-state index contributed by atoms with van der Waals surface area (Å²) < 4.78 is 10.5. The topological polar surface area (TPSA) is 74.3 Å². The second-order valence-electron chi connectivity index (χ2n) is 8.59. The van der Waals surface area contributed by atoms with Gasteiger partial charge in [0.05, 0.1) is 19.8 Å². The number of hydrogen-bond acceptors (Lipinski definition) is 6. The molecule has 32 heavy (non-hydrogen) atoms. The molecule has 2 aromatic carbocycles. The third-order valence-electron chi connectivity index (χ3n) is 6.41. The fourth-order valence-electron chi connectivity index (χ4n) is 4.90. The van der Waals surface area contributed by atoms with Crippen molar-refractivity contribution in [2.24, 2.45) is 0 Å². The summed E-state index contributed by atoms with van der Waals surface area (Å²) in [7, 11) is 1.64. The number of carbonyl (C=O) groups excluding carboxylic acids is 1. The molecule has 3 atom stereocenters. The van der Waals surface area contributed by atoms with Crippen LogP contribution in [0.4, 0.5) is 16.2 Å². The number of aliphatic hydroxyl groups is 1. The van der Waals surface area contributed by atoms with Gasteiger partial charge in [-0.3, -0.25) is 0 Å². The Morgan fingerprint density at radius 2 is 2.12 bits per heavy atom. The molecular weight excluding hydrogens is 406 g/mol. The van der Waals surface area contributed by atoms with Crippen LogP contribution in [0.25, 0.3) is 0 Å². The molecule has 2 aromatic rings. The van der Waals surface area contributed by atoms with Crippen LogP contribution in [0.3, 0.4) is 0 Å². The molecular formula is C25H33N3O4. The van der Waals surface area contributed by atoms with Crippen LogP contribution in [-0.4, -0.2) is 68.1 Å². The van der Waals surface area contributed by atoms with Crippen molar-refractivity contribution in [3.8, 4) is 5.75 Å². The third-order valence-corrected chi connectivity index (χ3v) is 6.41. The van der Waals surface area contributed by atoms with Gasteiger partial charge in [0.1, 0.15) is 5.75 Å². The molecule has 172 valence electrons. The van der Waals surface area contributed by atoms with Gasteiger partial charge in [0.2, 0.25) is 0 Å². The first-order valence-corrected chi connectivity index (χ1v) is 11.3. The lowest BCUT2D eigenvalue weighted by Crippen LogP contribution is -2.50. The number of piperidine rings is 1. The van der Waals surface area contributed by atoms with Gasteiger partial charge in [0.25, 0.3) is 0 Å². The number of fused-ring (bicyclic) bond motifs is 3. The molecule has 2 aliphatic heterocycles. The zero-order chi connectivity index (χ0) is 22.7. The van der Waals surface area contributed by atoms with Gasteiger partial charge in [-0.05, 0) is 44.0 Å². The van der Waals surface area contributed by atoms with Crippen molar-refractivity contribution in [3.63, 3.8) is 0 Å². The number of hydrogen-bond donors (Lipinski definition) is 2. The van der Waals surface area contributed by atoms with Gasteiger partial charge in [0, 0.05) is 55.6 Å². The van der Waals surface area contributed by atoms with Crippen molar-refractivity contribution in [1.82, 2.24) is 4.90 Å². The Bertz CT molecular complexity index is 951. The number of likely N-dealkylation sites (tertiary alicyclic amines) is 1. The number of benzene rings is 2. The SMILES string of the molecule is CCOC(=O)N1CCC2C(C1)c1cc(C)ccc1N2CC(O)CNc1cccc(OC)c1. The quantitative estimate of drug-likeness (QED) is 0.687. The van der Waals surface area contributed by atoms with E-state index < -0.39 is 6.10 Å². The molecule has 1 amide bonds. The van der Waals surface area contributed by atoms with E-state index in [-0.39, 0.29) is 18.1 Å². The summed E-state index contributed by atoms with van der Waals surface area (Å²) in [5, 5.41) is 14.2. The molecule has 7 nitrogen and oxygen atoms in total. The summed E-state index contributed by atoms with van der Waals surface area (Å²) in [6, 6.07) is 14.5. The van der Waals surface area contributed by atoms with Crippen molar-refractivity contribution in [2.45, 2.75) is 38.3 Å². The highest BCUT2D eigenvalue weighted by Gasteiger charge is 2.43. The van der Waals surface area contributed by atoms with Crippen molar-refractivity contribution in [1.29, 1.82) is 0 Å². The summed E-state index contributed by atoms with van der Waals surface area (Å²) in [4.78, 5) is 16.5. The minimum absolute atomic E-state index is 0.224. The fraction of sp³-hybridized carbons (Fsp3) is 0.480. The van der Waals surface area contributed by atoms with Crippen LogP contribution in [0.2, 0.25) is 0 Å². The first-order valence-electron chi connectivity index (χ1n) is 11.3. The Morgan fingerprint density at radius 1 is 1.28 bits per heavy atom. The summed E-state index contributed by atoms with van der Waals surface area (Å²) in [6.45, 7) is 6.61. The molecule has 0 aromatic heterocycles. The molecule has 0 aliphatic carbocycles. The van der Waals surface area contributed by atoms with Gasteiger partial charge in [-0.15, -0.1) is 0 Å². The fourth-order valence-corrected chi connectivity index (χ4v) is 4.90. The number of ether oxygens (including phenoxy) is 2. The monoisotopic (exact) mass is 439 g/mol. The van der Waals surface area contributed by atoms with Gasteiger partial charge in [-0.25, -0.2) is 4.79 Å². The first-order chi connectivity index (χ1) is 15.5. The van der Waals surface area contributed by atoms with Crippen LogP contribution in [0, 0.1) is 6.92 Å². The van der Waals surface area contributed by atoms with E-state index in [2.05, 4.69) is 35.3 Å². The maximum absolute atomic E-state index is 12.3. The van der Waals surface area contributed by atoms with Crippen molar-refractivity contribution in [2.75, 3.05) is 50.1 Å². The molecule has 2 aliphatic rings. The van der Waals surface area contributed by atoms with E-state index in [0.717, 1.165) is 23.5 Å². The summed E-state index contributed by atoms with van der Waals surface area (Å²) in [5.41, 5.74) is 4.55. The average Bonchev–Trinajstić information content (AvgIpc) is 3.10. The van der Waals surface area contributed by atoms with E-state index in [0.29, 0.717) is 32.8 Å². The Morgan fingerprint density at radius 3 is 2.91 bits per heavy atom. The molecule has 3 unspecified atom stereocenters. The smallest absolute Gasteiger partial charge is 0.409 e. The van der Waals surface area contributed by atoms with Crippen LogP contribution < -0.4 is 15.0 Å². The van der Waals surface area contributed by atoms with Crippen molar-refractivity contribution < 1.29 is 19.4 Å². The van der Waals surface area contributed by atoms with Crippen LogP contribution in [0.1, 0.15) is 30.4 Å². The molecule has 7 heteroatoms. The second-order valence-corrected chi connectivity index (χ2v) is 8.59. The standard InChI is InChI=1S/C25H33N3O4/c1-4-32-25(30)27-11-10-24-22(16-27)21-12-17(2)8-9-23(21)28(24)15-19(29)14-26-18-6-5-7-20(13-18)31-3/h5-9,12-13,19,22,24,26,29H,4,10-11,14-16H2,1-3H3. The molecule has 1 fully saturated rings. The molecule has 0 saturated carbocycles. The minimum atomic E-state index is -0.544. The number of nitrogens with zero attached hydrogens (tertiary/aromatic N) is 2. The summed E-state index contributed by atoms with van der Waals surface area (Å²) in [6.07, 6.45) is 0.0751. The molecule has 4 rings (SSSR count). The van der Waals surface area contributed by atoms with Gasteiger partial charge >= 0.3 is 6.09 Å². The van der Waals surface area contributed by atoms with Gasteiger partial charge < -0.3 is 29.7 Å². The highest BCUT2D eigenvalue weighted by molar-refractivity contribution is 5.69. The van der Waals surface area contributed by atoms with E-state index in [4.69, 9.17) is 9.47 Å². The van der Waals surface area contributed by atoms with Crippen molar-refractivity contribution >= 4 is 17.5 Å².